The van der Waals surface area contributed by atoms with Crippen LogP contribution >= 0.6 is 0 Å². The molecule has 1 amide bonds. The van der Waals surface area contributed by atoms with Crippen molar-refractivity contribution >= 4 is 15.7 Å². The smallest absolute Gasteiger partial charge is 0.270 e. The first kappa shape index (κ1) is 18.1. The Bertz CT molecular complexity index is 967. The molecule has 8 nitrogen and oxygen atoms in total. The quantitative estimate of drug-likeness (QED) is 0.773. The molecule has 9 heteroatoms. The Kier molecular flexibility index (Phi) is 5.08. The van der Waals surface area contributed by atoms with E-state index in [4.69, 9.17) is 4.74 Å². The standard InChI is InChI=1S/C17H19N3O5S/c1-25-13-4-2-11(3-5-13)8-15-19-14(9-16(21)20-15)17(22)18-12-6-7-26(23,24)10-12/h2-5,9,12H,6-8,10H2,1H3,(H,18,22)(H,19,20,21). The number of ether oxygens (including phenoxy) is 1. The maximum atomic E-state index is 12.3. The van der Waals surface area contributed by atoms with Gasteiger partial charge in [0.05, 0.1) is 18.6 Å². The van der Waals surface area contributed by atoms with E-state index in [2.05, 4.69) is 15.3 Å². The fourth-order valence-electron chi connectivity index (χ4n) is 2.81. The summed E-state index contributed by atoms with van der Waals surface area (Å²) in [5.74, 6) is 0.500. The minimum absolute atomic E-state index is 0.0263. The Morgan fingerprint density at radius 3 is 2.69 bits per heavy atom. The van der Waals surface area contributed by atoms with Crippen LogP contribution < -0.4 is 15.6 Å². The fraction of sp³-hybridized carbons (Fsp3) is 0.353. The molecule has 1 aliphatic rings. The van der Waals surface area contributed by atoms with Gasteiger partial charge in [-0.05, 0) is 24.1 Å². The van der Waals surface area contributed by atoms with Crippen LogP contribution in [0.15, 0.2) is 35.1 Å². The third kappa shape index (κ3) is 4.48. The molecule has 0 radical (unpaired) electrons. The molecule has 138 valence electrons. The Balaban J connectivity index is 1.74. The predicted molar refractivity (Wildman–Crippen MR) is 95.2 cm³/mol. The van der Waals surface area contributed by atoms with Crippen molar-refractivity contribution in [2.45, 2.75) is 18.9 Å². The molecule has 0 spiro atoms. The summed E-state index contributed by atoms with van der Waals surface area (Å²) in [6.07, 6.45) is 0.716. The number of nitrogens with one attached hydrogen (secondary N) is 2. The summed E-state index contributed by atoms with van der Waals surface area (Å²) in [5, 5.41) is 2.63. The molecule has 1 unspecified atom stereocenters. The lowest BCUT2D eigenvalue weighted by Crippen LogP contribution is -2.36. The van der Waals surface area contributed by atoms with Crippen molar-refractivity contribution in [3.05, 3.63) is 57.8 Å². The summed E-state index contributed by atoms with van der Waals surface area (Å²) in [6, 6.07) is 7.94. The van der Waals surface area contributed by atoms with Crippen molar-refractivity contribution in [1.29, 1.82) is 0 Å². The van der Waals surface area contributed by atoms with Crippen molar-refractivity contribution in [2.24, 2.45) is 0 Å². The van der Waals surface area contributed by atoms with Gasteiger partial charge in [0.25, 0.3) is 11.5 Å². The minimum Gasteiger partial charge on any atom is -0.497 e. The van der Waals surface area contributed by atoms with E-state index in [0.717, 1.165) is 17.4 Å². The van der Waals surface area contributed by atoms with Gasteiger partial charge in [0.2, 0.25) is 0 Å². The van der Waals surface area contributed by atoms with Crippen LogP contribution in [0.4, 0.5) is 0 Å². The van der Waals surface area contributed by atoms with Crippen molar-refractivity contribution < 1.29 is 17.9 Å². The molecule has 1 saturated heterocycles. The zero-order valence-electron chi connectivity index (χ0n) is 14.2. The number of sulfone groups is 1. The summed E-state index contributed by atoms with van der Waals surface area (Å²) in [4.78, 5) is 31.0. The van der Waals surface area contributed by atoms with Gasteiger partial charge in [0, 0.05) is 18.5 Å². The molecule has 1 atom stereocenters. The van der Waals surface area contributed by atoms with Crippen LogP contribution in [-0.4, -0.2) is 49.0 Å². The summed E-state index contributed by atoms with van der Waals surface area (Å²) < 4.78 is 28.1. The van der Waals surface area contributed by atoms with E-state index in [1.54, 1.807) is 19.2 Å². The van der Waals surface area contributed by atoms with Crippen LogP contribution in [0, 0.1) is 0 Å². The molecular weight excluding hydrogens is 358 g/mol. The third-order valence-corrected chi connectivity index (χ3v) is 5.89. The molecule has 1 aromatic carbocycles. The lowest BCUT2D eigenvalue weighted by molar-refractivity contribution is 0.0935. The minimum atomic E-state index is -3.10. The molecule has 0 aliphatic carbocycles. The normalized spacial score (nSPS) is 18.4. The highest BCUT2D eigenvalue weighted by Gasteiger charge is 2.29. The lowest BCUT2D eigenvalue weighted by atomic mass is 10.1. The zero-order chi connectivity index (χ0) is 18.7. The Hall–Kier alpha value is -2.68. The molecule has 1 fully saturated rings. The first-order chi connectivity index (χ1) is 12.3. The van der Waals surface area contributed by atoms with E-state index in [0.29, 0.717) is 18.7 Å². The summed E-state index contributed by atoms with van der Waals surface area (Å²) in [5.41, 5.74) is 0.433. The van der Waals surface area contributed by atoms with E-state index in [1.165, 1.54) is 0 Å². The number of aromatic amines is 1. The fourth-order valence-corrected chi connectivity index (χ4v) is 4.49. The van der Waals surface area contributed by atoms with Gasteiger partial charge < -0.3 is 15.0 Å². The molecule has 0 bridgehead atoms. The molecule has 2 heterocycles. The topological polar surface area (TPSA) is 118 Å². The molecule has 1 aliphatic heterocycles. The van der Waals surface area contributed by atoms with Crippen molar-refractivity contribution in [2.75, 3.05) is 18.6 Å². The van der Waals surface area contributed by atoms with Gasteiger partial charge >= 0.3 is 0 Å². The van der Waals surface area contributed by atoms with Gasteiger partial charge in [-0.25, -0.2) is 13.4 Å². The molecule has 2 aromatic rings. The largest absolute Gasteiger partial charge is 0.497 e. The third-order valence-electron chi connectivity index (χ3n) is 4.12. The second-order valence-electron chi connectivity index (χ2n) is 6.18. The maximum absolute atomic E-state index is 12.3. The monoisotopic (exact) mass is 377 g/mol. The van der Waals surface area contributed by atoms with Crippen LogP contribution in [0.1, 0.15) is 28.3 Å². The van der Waals surface area contributed by atoms with Crippen LogP contribution in [-0.2, 0) is 16.3 Å². The van der Waals surface area contributed by atoms with Crippen LogP contribution in [0.25, 0.3) is 0 Å². The van der Waals surface area contributed by atoms with Gasteiger partial charge in [-0.2, -0.15) is 0 Å². The number of amides is 1. The number of H-pyrrole nitrogens is 1. The molecule has 26 heavy (non-hydrogen) atoms. The molecule has 2 N–H and O–H groups in total. The summed E-state index contributed by atoms with van der Waals surface area (Å²) in [7, 11) is -1.52. The van der Waals surface area contributed by atoms with E-state index in [1.807, 2.05) is 12.1 Å². The average Bonchev–Trinajstić information content (AvgIpc) is 2.93. The molecule has 0 saturated carbocycles. The van der Waals surface area contributed by atoms with E-state index < -0.39 is 27.3 Å². The van der Waals surface area contributed by atoms with Gasteiger partial charge in [0.1, 0.15) is 17.3 Å². The van der Waals surface area contributed by atoms with Gasteiger partial charge in [-0.1, -0.05) is 12.1 Å². The first-order valence-electron chi connectivity index (χ1n) is 8.09. The number of hydrogen-bond acceptors (Lipinski definition) is 6. The van der Waals surface area contributed by atoms with Gasteiger partial charge in [-0.15, -0.1) is 0 Å². The average molecular weight is 377 g/mol. The molecule has 1 aromatic heterocycles. The Morgan fingerprint density at radius 1 is 1.35 bits per heavy atom. The number of benzene rings is 1. The number of methoxy groups -OCH3 is 1. The summed E-state index contributed by atoms with van der Waals surface area (Å²) in [6.45, 7) is 0. The second-order valence-corrected chi connectivity index (χ2v) is 8.40. The van der Waals surface area contributed by atoms with E-state index in [-0.39, 0.29) is 17.2 Å². The van der Waals surface area contributed by atoms with Crippen molar-refractivity contribution in [1.82, 2.24) is 15.3 Å². The molecule has 3 rings (SSSR count). The van der Waals surface area contributed by atoms with E-state index in [9.17, 15) is 18.0 Å². The van der Waals surface area contributed by atoms with Crippen LogP contribution in [0.3, 0.4) is 0 Å². The van der Waals surface area contributed by atoms with Gasteiger partial charge in [-0.3, -0.25) is 9.59 Å². The number of rotatable bonds is 5. The Morgan fingerprint density at radius 2 is 2.08 bits per heavy atom. The highest BCUT2D eigenvalue weighted by molar-refractivity contribution is 7.91. The molecular formula is C17H19N3O5S. The number of carbonyl (C=O) groups is 1. The summed E-state index contributed by atoms with van der Waals surface area (Å²) >= 11 is 0. The maximum Gasteiger partial charge on any atom is 0.270 e. The zero-order valence-corrected chi connectivity index (χ0v) is 15.0. The highest BCUT2D eigenvalue weighted by Crippen LogP contribution is 2.14. The number of hydrogen-bond donors (Lipinski definition) is 2. The number of carbonyl (C=O) groups excluding carboxylic acids is 1. The predicted octanol–water partition coefficient (Wildman–Crippen LogP) is 0.286. The van der Waals surface area contributed by atoms with E-state index >= 15 is 0 Å². The van der Waals surface area contributed by atoms with Gasteiger partial charge in [0.15, 0.2) is 9.84 Å². The van der Waals surface area contributed by atoms with Crippen LogP contribution in [0.2, 0.25) is 0 Å². The van der Waals surface area contributed by atoms with Crippen LogP contribution in [0.5, 0.6) is 5.75 Å². The van der Waals surface area contributed by atoms with Crippen molar-refractivity contribution in [3.8, 4) is 5.75 Å². The lowest BCUT2D eigenvalue weighted by Gasteiger charge is -2.11. The highest BCUT2D eigenvalue weighted by atomic mass is 32.2. The Labute approximate surface area is 150 Å². The first-order valence-corrected chi connectivity index (χ1v) is 9.91. The second kappa shape index (κ2) is 7.28. The number of nitrogens with zero attached hydrogens (tertiary/aromatic N) is 1. The number of aromatic nitrogens is 2. The SMILES string of the molecule is COc1ccc(Cc2nc(C(=O)NC3CCS(=O)(=O)C3)cc(=O)[nH]2)cc1. The van der Waals surface area contributed by atoms with Crippen molar-refractivity contribution in [3.63, 3.8) is 0 Å².